The van der Waals surface area contributed by atoms with Crippen LogP contribution in [0.5, 0.6) is 0 Å². The van der Waals surface area contributed by atoms with Gasteiger partial charge < -0.3 is 10.6 Å². The molecule has 6 heteroatoms. The van der Waals surface area contributed by atoms with Crippen LogP contribution in [0.25, 0.3) is 0 Å². The highest BCUT2D eigenvalue weighted by atomic mass is 16.6. The highest BCUT2D eigenvalue weighted by molar-refractivity contribution is 5.95. The molecule has 1 fully saturated rings. The Hall–Kier alpha value is -2.11. The van der Waals surface area contributed by atoms with Gasteiger partial charge in [-0.25, -0.2) is 0 Å². The van der Waals surface area contributed by atoms with E-state index in [1.165, 1.54) is 18.2 Å². The molecule has 1 aromatic carbocycles. The van der Waals surface area contributed by atoms with Crippen molar-refractivity contribution in [2.45, 2.75) is 26.7 Å². The first-order valence-electron chi connectivity index (χ1n) is 7.23. The molecule has 6 nitrogen and oxygen atoms in total. The average molecular weight is 291 g/mol. The third-order valence-corrected chi connectivity index (χ3v) is 4.24. The average Bonchev–Trinajstić information content (AvgIpc) is 2.46. The van der Waals surface area contributed by atoms with Crippen molar-refractivity contribution >= 4 is 17.3 Å². The Kier molecular flexibility index (Phi) is 4.45. The summed E-state index contributed by atoms with van der Waals surface area (Å²) in [5.74, 6) is 1.20. The Morgan fingerprint density at radius 1 is 1.38 bits per heavy atom. The quantitative estimate of drug-likeness (QED) is 0.526. The van der Waals surface area contributed by atoms with Crippen LogP contribution in [0, 0.1) is 22.0 Å². The molecule has 1 aromatic rings. The fourth-order valence-electron chi connectivity index (χ4n) is 2.81. The fraction of sp³-hybridized carbons (Fsp3) is 0.533. The number of benzene rings is 1. The molecule has 0 bridgehead atoms. The van der Waals surface area contributed by atoms with E-state index in [-0.39, 0.29) is 17.3 Å². The molecule has 2 N–H and O–H groups in total. The molecule has 0 aromatic heterocycles. The highest BCUT2D eigenvalue weighted by Gasteiger charge is 2.26. The number of piperidine rings is 1. The van der Waals surface area contributed by atoms with Crippen molar-refractivity contribution in [2.24, 2.45) is 11.8 Å². The van der Waals surface area contributed by atoms with Crippen LogP contribution in [-0.4, -0.2) is 28.8 Å². The van der Waals surface area contributed by atoms with Crippen LogP contribution < -0.4 is 5.73 Å². The third-order valence-electron chi connectivity index (χ3n) is 4.24. The molecule has 0 radical (unpaired) electrons. The maximum Gasteiger partial charge on any atom is 0.292 e. The van der Waals surface area contributed by atoms with Crippen molar-refractivity contribution in [3.05, 3.63) is 33.9 Å². The number of hydrogen-bond acceptors (Lipinski definition) is 4. The molecule has 2 rings (SSSR count). The summed E-state index contributed by atoms with van der Waals surface area (Å²) in [6.07, 6.45) is 2.01. The van der Waals surface area contributed by atoms with Gasteiger partial charge in [0, 0.05) is 24.7 Å². The smallest absolute Gasteiger partial charge is 0.292 e. The first kappa shape index (κ1) is 15.3. The molecule has 0 spiro atoms. The van der Waals surface area contributed by atoms with Gasteiger partial charge in [-0.15, -0.1) is 0 Å². The Morgan fingerprint density at radius 2 is 2.00 bits per heavy atom. The lowest BCUT2D eigenvalue weighted by molar-refractivity contribution is -0.383. The molecule has 1 aliphatic rings. The predicted molar refractivity (Wildman–Crippen MR) is 81.0 cm³/mol. The summed E-state index contributed by atoms with van der Waals surface area (Å²) in [4.78, 5) is 24.4. The molecule has 114 valence electrons. The molecular formula is C15H21N3O3. The first-order valence-corrected chi connectivity index (χ1v) is 7.23. The zero-order chi connectivity index (χ0) is 15.6. The first-order chi connectivity index (χ1) is 9.90. The van der Waals surface area contributed by atoms with E-state index < -0.39 is 4.92 Å². The number of nitrogens with zero attached hydrogens (tertiary/aromatic N) is 2. The van der Waals surface area contributed by atoms with Crippen molar-refractivity contribution < 1.29 is 9.72 Å². The van der Waals surface area contributed by atoms with Gasteiger partial charge in [0.2, 0.25) is 0 Å². The van der Waals surface area contributed by atoms with Gasteiger partial charge in [0.1, 0.15) is 5.69 Å². The number of carbonyl (C=O) groups excluding carboxylic acids is 1. The van der Waals surface area contributed by atoms with E-state index in [4.69, 9.17) is 5.73 Å². The van der Waals surface area contributed by atoms with E-state index in [9.17, 15) is 14.9 Å². The van der Waals surface area contributed by atoms with Crippen LogP contribution in [0.4, 0.5) is 11.4 Å². The molecule has 21 heavy (non-hydrogen) atoms. The number of nitrogens with two attached hydrogens (primary N) is 1. The standard InChI is InChI=1S/C15H21N3O3/c1-10(2)11-5-7-17(8-6-11)15(19)12-3-4-14(18(20)21)13(16)9-12/h3-4,9-11H,5-8,16H2,1-2H3. The van der Waals surface area contributed by atoms with Crippen LogP contribution in [0.15, 0.2) is 18.2 Å². The van der Waals surface area contributed by atoms with E-state index in [1.807, 2.05) is 0 Å². The summed E-state index contributed by atoms with van der Waals surface area (Å²) in [5, 5.41) is 10.7. The second kappa shape index (κ2) is 6.11. The van der Waals surface area contributed by atoms with Crippen LogP contribution >= 0.6 is 0 Å². The van der Waals surface area contributed by atoms with Crippen LogP contribution in [-0.2, 0) is 0 Å². The minimum Gasteiger partial charge on any atom is -0.393 e. The second-order valence-corrected chi connectivity index (χ2v) is 5.90. The minimum absolute atomic E-state index is 0.0305. The van der Waals surface area contributed by atoms with E-state index in [0.717, 1.165) is 25.9 Å². The molecule has 0 saturated carbocycles. The second-order valence-electron chi connectivity index (χ2n) is 5.90. The molecule has 0 atom stereocenters. The number of likely N-dealkylation sites (tertiary alicyclic amines) is 1. The molecular weight excluding hydrogens is 270 g/mol. The molecule has 0 unspecified atom stereocenters. The summed E-state index contributed by atoms with van der Waals surface area (Å²) in [6.45, 7) is 5.88. The number of hydrogen-bond donors (Lipinski definition) is 1. The van der Waals surface area contributed by atoms with E-state index in [2.05, 4.69) is 13.8 Å². The molecule has 1 aliphatic heterocycles. The Labute approximate surface area is 124 Å². The zero-order valence-electron chi connectivity index (χ0n) is 12.4. The topological polar surface area (TPSA) is 89.5 Å². The normalized spacial score (nSPS) is 16.2. The number of nitro groups is 1. The molecule has 1 saturated heterocycles. The summed E-state index contributed by atoms with van der Waals surface area (Å²) >= 11 is 0. The molecule has 0 aliphatic carbocycles. The monoisotopic (exact) mass is 291 g/mol. The van der Waals surface area contributed by atoms with E-state index in [0.29, 0.717) is 17.4 Å². The number of nitro benzene ring substituents is 1. The Balaban J connectivity index is 2.08. The maximum atomic E-state index is 12.4. The van der Waals surface area contributed by atoms with E-state index >= 15 is 0 Å². The van der Waals surface area contributed by atoms with Crippen molar-refractivity contribution in [3.63, 3.8) is 0 Å². The summed E-state index contributed by atoms with van der Waals surface area (Å²) in [7, 11) is 0. The third kappa shape index (κ3) is 3.32. The minimum atomic E-state index is -0.544. The largest absolute Gasteiger partial charge is 0.393 e. The predicted octanol–water partition coefficient (Wildman–Crippen LogP) is 2.69. The number of anilines is 1. The van der Waals surface area contributed by atoms with E-state index in [1.54, 1.807) is 4.90 Å². The zero-order valence-corrected chi connectivity index (χ0v) is 12.4. The lowest BCUT2D eigenvalue weighted by Gasteiger charge is -2.34. The Morgan fingerprint density at radius 3 is 2.48 bits per heavy atom. The van der Waals surface area contributed by atoms with Crippen LogP contribution in [0.2, 0.25) is 0 Å². The van der Waals surface area contributed by atoms with Gasteiger partial charge in [-0.2, -0.15) is 0 Å². The summed E-state index contributed by atoms with van der Waals surface area (Å²) < 4.78 is 0. The fourth-order valence-corrected chi connectivity index (χ4v) is 2.81. The van der Waals surface area contributed by atoms with Crippen molar-refractivity contribution in [3.8, 4) is 0 Å². The highest BCUT2D eigenvalue weighted by Crippen LogP contribution is 2.27. The molecule has 1 amide bonds. The number of carbonyl (C=O) groups is 1. The van der Waals surface area contributed by atoms with Crippen molar-refractivity contribution in [2.75, 3.05) is 18.8 Å². The Bertz CT molecular complexity index is 549. The van der Waals surface area contributed by atoms with Gasteiger partial charge >= 0.3 is 0 Å². The summed E-state index contributed by atoms with van der Waals surface area (Å²) in [5.41, 5.74) is 5.93. The van der Waals surface area contributed by atoms with Crippen molar-refractivity contribution in [1.82, 2.24) is 4.90 Å². The van der Waals surface area contributed by atoms with Gasteiger partial charge in [0.05, 0.1) is 4.92 Å². The van der Waals surface area contributed by atoms with Gasteiger partial charge in [0.25, 0.3) is 11.6 Å². The van der Waals surface area contributed by atoms with Gasteiger partial charge in [-0.05, 0) is 36.8 Å². The number of nitrogen functional groups attached to an aromatic ring is 1. The van der Waals surface area contributed by atoms with Gasteiger partial charge in [0.15, 0.2) is 0 Å². The van der Waals surface area contributed by atoms with Gasteiger partial charge in [-0.1, -0.05) is 13.8 Å². The SMILES string of the molecule is CC(C)C1CCN(C(=O)c2ccc([N+](=O)[O-])c(N)c2)CC1. The summed E-state index contributed by atoms with van der Waals surface area (Å²) in [6, 6.07) is 4.17. The number of amides is 1. The maximum absolute atomic E-state index is 12.4. The van der Waals surface area contributed by atoms with Crippen LogP contribution in [0.1, 0.15) is 37.0 Å². The van der Waals surface area contributed by atoms with Crippen LogP contribution in [0.3, 0.4) is 0 Å². The lowest BCUT2D eigenvalue weighted by atomic mass is 9.86. The molecule has 1 heterocycles. The number of rotatable bonds is 3. The van der Waals surface area contributed by atoms with Gasteiger partial charge in [-0.3, -0.25) is 14.9 Å². The van der Waals surface area contributed by atoms with Crippen molar-refractivity contribution in [1.29, 1.82) is 0 Å². The lowest BCUT2D eigenvalue weighted by Crippen LogP contribution is -2.39.